The van der Waals surface area contributed by atoms with Gasteiger partial charge in [0.15, 0.2) is 11.5 Å². The summed E-state index contributed by atoms with van der Waals surface area (Å²) < 4.78 is 15.5. The van der Waals surface area contributed by atoms with Gasteiger partial charge in [-0.1, -0.05) is 191 Å². The lowest BCUT2D eigenvalue weighted by atomic mass is 9.67. The Bertz CT molecular complexity index is 1630. The summed E-state index contributed by atoms with van der Waals surface area (Å²) >= 11 is 7.73. The van der Waals surface area contributed by atoms with Gasteiger partial charge in [0, 0.05) is 8.95 Å². The molecule has 0 saturated carbocycles. The number of aryl methyl sites for hydroxylation is 1. The van der Waals surface area contributed by atoms with E-state index >= 15 is 0 Å². The van der Waals surface area contributed by atoms with E-state index in [1.807, 2.05) is 0 Å². The molecular weight excluding hydrogens is 780 g/mol. The Morgan fingerprint density at radius 1 is 0.434 bits per heavy atom. The maximum Gasteiger partial charge on any atom is 0.161 e. The van der Waals surface area contributed by atoms with Gasteiger partial charge in [0.2, 0.25) is 0 Å². The summed E-state index contributed by atoms with van der Waals surface area (Å²) in [6.07, 6.45) is 24.0. The topological polar surface area (TPSA) is 18.5 Å². The third kappa shape index (κ3) is 11.0. The van der Waals surface area contributed by atoms with Crippen LogP contribution in [0.3, 0.4) is 0 Å². The average Bonchev–Trinajstić information content (AvgIpc) is 3.45. The largest absolute Gasteiger partial charge is 0.490 e. The second-order valence-electron chi connectivity index (χ2n) is 15.2. The van der Waals surface area contributed by atoms with Crippen LogP contribution in [0.5, 0.6) is 11.5 Å². The first-order valence-corrected chi connectivity index (χ1v) is 22.7. The minimum atomic E-state index is -0.519. The lowest BCUT2D eigenvalue weighted by Gasteiger charge is -2.34. The Balaban J connectivity index is 1.47. The molecule has 53 heavy (non-hydrogen) atoms. The minimum absolute atomic E-state index is 0.519. The normalized spacial score (nSPS) is 12.8. The number of hydrogen-bond acceptors (Lipinski definition) is 2. The molecule has 0 aromatic heterocycles. The number of fused-ring (bicyclic) bond motifs is 3. The predicted octanol–water partition coefficient (Wildman–Crippen LogP) is 16.0. The van der Waals surface area contributed by atoms with E-state index in [0.717, 1.165) is 46.3 Å². The van der Waals surface area contributed by atoms with Gasteiger partial charge in [-0.2, -0.15) is 0 Å². The van der Waals surface area contributed by atoms with Crippen molar-refractivity contribution in [1.29, 1.82) is 0 Å². The molecule has 0 unspecified atom stereocenters. The lowest BCUT2D eigenvalue weighted by Crippen LogP contribution is -2.29. The number of halogens is 2. The van der Waals surface area contributed by atoms with Gasteiger partial charge in [-0.3, -0.25) is 0 Å². The zero-order valence-corrected chi connectivity index (χ0v) is 36.1. The second kappa shape index (κ2) is 22.1. The van der Waals surface area contributed by atoms with E-state index in [1.54, 1.807) is 0 Å². The number of benzene rings is 4. The Kier molecular flexibility index (Phi) is 17.4. The van der Waals surface area contributed by atoms with Gasteiger partial charge in [0.05, 0.1) is 18.6 Å². The maximum atomic E-state index is 6.74. The van der Waals surface area contributed by atoms with Crippen LogP contribution >= 0.6 is 31.9 Å². The van der Waals surface area contributed by atoms with Gasteiger partial charge in [0.25, 0.3) is 0 Å². The van der Waals surface area contributed by atoms with Crippen LogP contribution in [-0.2, 0) is 11.8 Å². The van der Waals surface area contributed by atoms with Crippen molar-refractivity contribution in [3.05, 3.63) is 116 Å². The molecule has 0 N–H and O–H groups in total. The van der Waals surface area contributed by atoms with Crippen LogP contribution < -0.4 is 9.47 Å². The van der Waals surface area contributed by atoms with Crippen molar-refractivity contribution in [2.75, 3.05) is 13.2 Å². The average molecular weight is 845 g/mol. The molecule has 1 aliphatic rings. The minimum Gasteiger partial charge on any atom is -0.490 e. The van der Waals surface area contributed by atoms with Crippen LogP contribution in [0, 0.1) is 0 Å². The van der Waals surface area contributed by atoms with Gasteiger partial charge >= 0.3 is 0 Å². The summed E-state index contributed by atoms with van der Waals surface area (Å²) in [7, 11) is 0. The summed E-state index contributed by atoms with van der Waals surface area (Å²) in [5.41, 5.74) is 8.51. The van der Waals surface area contributed by atoms with E-state index in [2.05, 4.69) is 131 Å². The fourth-order valence-electron chi connectivity index (χ4n) is 8.17. The first kappa shape index (κ1) is 41.6. The summed E-state index contributed by atoms with van der Waals surface area (Å²) in [4.78, 5) is 0. The molecule has 0 fully saturated rings. The molecule has 0 aliphatic heterocycles. The second-order valence-corrected chi connectivity index (χ2v) is 17.1. The highest BCUT2D eigenvalue weighted by atomic mass is 79.9. The Hall–Kier alpha value is -2.56. The summed E-state index contributed by atoms with van der Waals surface area (Å²) in [5, 5.41) is 0. The number of rotatable bonds is 25. The highest BCUT2D eigenvalue weighted by molar-refractivity contribution is 9.10. The third-order valence-corrected chi connectivity index (χ3v) is 12.1. The van der Waals surface area contributed by atoms with Crippen molar-refractivity contribution in [3.8, 4) is 22.6 Å². The fourth-order valence-corrected chi connectivity index (χ4v) is 8.89. The van der Waals surface area contributed by atoms with Crippen LogP contribution in [-0.4, -0.2) is 13.2 Å². The van der Waals surface area contributed by atoms with Crippen molar-refractivity contribution in [3.63, 3.8) is 0 Å². The Labute approximate surface area is 339 Å². The summed E-state index contributed by atoms with van der Waals surface area (Å²) in [5.74, 6) is 1.73. The van der Waals surface area contributed by atoms with Gasteiger partial charge in [0.1, 0.15) is 0 Å². The van der Waals surface area contributed by atoms with Gasteiger partial charge in [-0.25, -0.2) is 0 Å². The Morgan fingerprint density at radius 2 is 0.887 bits per heavy atom. The number of hydrogen-bond donors (Lipinski definition) is 0. The fraction of sp³-hybridized carbons (Fsp3) is 0.510. The predicted molar refractivity (Wildman–Crippen MR) is 234 cm³/mol. The molecule has 4 heteroatoms. The first-order valence-electron chi connectivity index (χ1n) is 21.1. The zero-order valence-electron chi connectivity index (χ0n) is 32.9. The number of unbranched alkanes of at least 4 members (excludes halogenated alkanes) is 15. The molecule has 0 saturated heterocycles. The van der Waals surface area contributed by atoms with E-state index in [1.165, 1.54) is 142 Å². The highest BCUT2D eigenvalue weighted by Gasteiger charge is 2.46. The van der Waals surface area contributed by atoms with Crippen LogP contribution in [0.1, 0.15) is 164 Å². The quantitative estimate of drug-likeness (QED) is 0.0545. The molecular formula is C49H64Br2O2. The van der Waals surface area contributed by atoms with Crippen molar-refractivity contribution < 1.29 is 9.47 Å². The molecule has 4 aromatic rings. The van der Waals surface area contributed by atoms with E-state index in [-0.39, 0.29) is 0 Å². The van der Waals surface area contributed by atoms with Gasteiger partial charge < -0.3 is 9.47 Å². The zero-order chi connectivity index (χ0) is 37.3. The molecule has 1 aliphatic carbocycles. The van der Waals surface area contributed by atoms with Crippen molar-refractivity contribution in [2.24, 2.45) is 0 Å². The maximum absolute atomic E-state index is 6.74. The van der Waals surface area contributed by atoms with Crippen LogP contribution in [0.2, 0.25) is 0 Å². The van der Waals surface area contributed by atoms with Gasteiger partial charge in [-0.05, 0) is 101 Å². The first-order chi connectivity index (χ1) is 26.0. The summed E-state index contributed by atoms with van der Waals surface area (Å²) in [6.45, 7) is 8.26. The van der Waals surface area contributed by atoms with Crippen LogP contribution in [0.4, 0.5) is 0 Å². The van der Waals surface area contributed by atoms with E-state index < -0.39 is 5.41 Å². The molecule has 0 spiro atoms. The SMILES string of the molecule is CCCCCCCCCCOc1ccc(C2(c3ccc(CCCC)cc3)c3cc(Br)ccc3-c3ccc(Br)cc32)cc1OCCCCCCCCCC. The molecule has 0 amide bonds. The highest BCUT2D eigenvalue weighted by Crippen LogP contribution is 2.58. The lowest BCUT2D eigenvalue weighted by molar-refractivity contribution is 0.258. The molecule has 0 atom stereocenters. The molecule has 0 heterocycles. The van der Waals surface area contributed by atoms with Crippen LogP contribution in [0.25, 0.3) is 11.1 Å². The monoisotopic (exact) mass is 842 g/mol. The standard InChI is InChI=1S/C49H64Br2O2/c1-4-7-10-12-14-16-18-20-33-52-47-32-27-40(35-48(47)53-34-21-19-17-15-13-11-8-5-2)49(39-25-23-38(24-26-39)22-9-6-3)45-36-41(50)28-30-43(45)44-31-29-42(51)37-46(44)49/h23-32,35-37H,4-22,33-34H2,1-3H3. The van der Waals surface area contributed by atoms with E-state index in [4.69, 9.17) is 9.47 Å². The molecule has 0 radical (unpaired) electrons. The Morgan fingerprint density at radius 3 is 1.40 bits per heavy atom. The van der Waals surface area contributed by atoms with Crippen LogP contribution in [0.15, 0.2) is 87.8 Å². The third-order valence-electron chi connectivity index (χ3n) is 11.2. The van der Waals surface area contributed by atoms with E-state index in [0.29, 0.717) is 6.61 Å². The van der Waals surface area contributed by atoms with Gasteiger partial charge in [-0.15, -0.1) is 0 Å². The van der Waals surface area contributed by atoms with E-state index in [9.17, 15) is 0 Å². The smallest absolute Gasteiger partial charge is 0.161 e. The molecule has 4 aromatic carbocycles. The van der Waals surface area contributed by atoms with Crippen molar-refractivity contribution in [1.82, 2.24) is 0 Å². The molecule has 5 rings (SSSR count). The molecule has 2 nitrogen and oxygen atoms in total. The molecule has 0 bridgehead atoms. The molecule has 286 valence electrons. The van der Waals surface area contributed by atoms with Crippen molar-refractivity contribution >= 4 is 31.9 Å². The summed E-state index contributed by atoms with van der Waals surface area (Å²) in [6, 6.07) is 29.8. The van der Waals surface area contributed by atoms with Crippen molar-refractivity contribution in [2.45, 2.75) is 148 Å². The number of ether oxygens (including phenoxy) is 2.